The molecular weight excluding hydrogens is 351 g/mol. The number of carbonyl (C=O) groups is 1. The lowest BCUT2D eigenvalue weighted by molar-refractivity contribution is 0.202. The van der Waals surface area contributed by atoms with E-state index >= 15 is 0 Å². The van der Waals surface area contributed by atoms with E-state index in [4.69, 9.17) is 0 Å². The number of carbonyl (C=O) groups excluding carboxylic acids is 1. The number of halogens is 1. The first-order valence-electron chi connectivity index (χ1n) is 7.97. The molecule has 24 heavy (non-hydrogen) atoms. The van der Waals surface area contributed by atoms with E-state index in [0.717, 1.165) is 22.6 Å². The highest BCUT2D eigenvalue weighted by molar-refractivity contribution is 7.99. The van der Waals surface area contributed by atoms with Crippen LogP contribution in [0.3, 0.4) is 0 Å². The zero-order valence-corrected chi connectivity index (χ0v) is 15.1. The molecule has 8 heteroatoms. The highest BCUT2D eigenvalue weighted by Crippen LogP contribution is 2.36. The lowest BCUT2D eigenvalue weighted by Crippen LogP contribution is -2.41. The minimum atomic E-state index is -3.03. The minimum absolute atomic E-state index is 0.00241. The van der Waals surface area contributed by atoms with Crippen molar-refractivity contribution >= 4 is 27.6 Å². The Morgan fingerprint density at radius 3 is 2.96 bits per heavy atom. The number of rotatable bonds is 3. The number of sulfone groups is 1. The number of amides is 2. The average Bonchev–Trinajstić information content (AvgIpc) is 2.94. The zero-order chi connectivity index (χ0) is 17.3. The summed E-state index contributed by atoms with van der Waals surface area (Å²) in [5.74, 6) is 0.688. The van der Waals surface area contributed by atoms with E-state index in [-0.39, 0.29) is 29.6 Å². The van der Waals surface area contributed by atoms with E-state index in [1.165, 1.54) is 18.4 Å². The molecule has 1 fully saturated rings. The fourth-order valence-corrected chi connectivity index (χ4v) is 5.57. The Bertz CT molecular complexity index is 739. The average molecular weight is 372 g/mol. The van der Waals surface area contributed by atoms with Gasteiger partial charge in [-0.1, -0.05) is 0 Å². The minimum Gasteiger partial charge on any atom is -0.331 e. The Hall–Kier alpha value is -1.28. The van der Waals surface area contributed by atoms with Gasteiger partial charge in [0.2, 0.25) is 0 Å². The highest BCUT2D eigenvalue weighted by atomic mass is 32.2. The van der Waals surface area contributed by atoms with Gasteiger partial charge in [0.1, 0.15) is 15.7 Å². The predicted octanol–water partition coefficient (Wildman–Crippen LogP) is 2.44. The van der Waals surface area contributed by atoms with Crippen molar-refractivity contribution in [3.05, 3.63) is 29.6 Å². The highest BCUT2D eigenvalue weighted by Gasteiger charge is 2.31. The van der Waals surface area contributed by atoms with Crippen LogP contribution in [0.2, 0.25) is 0 Å². The van der Waals surface area contributed by atoms with Crippen molar-refractivity contribution in [2.45, 2.75) is 23.8 Å². The van der Waals surface area contributed by atoms with E-state index in [1.807, 2.05) is 0 Å². The van der Waals surface area contributed by atoms with Gasteiger partial charge < -0.3 is 10.2 Å². The molecule has 0 saturated carbocycles. The van der Waals surface area contributed by atoms with E-state index in [1.54, 1.807) is 22.7 Å². The molecule has 3 rings (SSSR count). The molecule has 2 heterocycles. The molecule has 1 saturated heterocycles. The van der Waals surface area contributed by atoms with Gasteiger partial charge in [-0.2, -0.15) is 0 Å². The summed E-state index contributed by atoms with van der Waals surface area (Å²) in [6, 6.07) is 4.29. The molecule has 2 atom stereocenters. The Morgan fingerprint density at radius 1 is 1.42 bits per heavy atom. The standard InChI is InChI=1S/C16H21FN2O3S2/c1-24(21,22)10-11-4-6-19(9-11)16(20)18-14-5-7-23-15-3-2-12(17)8-13(14)15/h2-3,8,11,14H,4-7,9-10H2,1H3,(H,18,20)/t11-,14+/m1/s1. The van der Waals surface area contributed by atoms with E-state index in [0.29, 0.717) is 19.5 Å². The van der Waals surface area contributed by atoms with Crippen molar-refractivity contribution in [3.63, 3.8) is 0 Å². The van der Waals surface area contributed by atoms with E-state index in [2.05, 4.69) is 5.32 Å². The third-order valence-electron chi connectivity index (χ3n) is 4.42. The number of nitrogens with zero attached hydrogens (tertiary/aromatic N) is 1. The molecule has 132 valence electrons. The van der Waals surface area contributed by atoms with Crippen molar-refractivity contribution in [2.75, 3.05) is 30.9 Å². The van der Waals surface area contributed by atoms with Crippen LogP contribution in [0.25, 0.3) is 0 Å². The monoisotopic (exact) mass is 372 g/mol. The summed E-state index contributed by atoms with van der Waals surface area (Å²) >= 11 is 1.67. The quantitative estimate of drug-likeness (QED) is 0.885. The van der Waals surface area contributed by atoms with Gasteiger partial charge in [-0.05, 0) is 42.5 Å². The molecule has 1 aromatic rings. The number of hydrogen-bond donors (Lipinski definition) is 1. The van der Waals surface area contributed by atoms with Crippen LogP contribution in [0.5, 0.6) is 0 Å². The molecule has 2 aliphatic rings. The summed E-state index contributed by atoms with van der Waals surface area (Å²) in [6.07, 6.45) is 2.68. The molecule has 2 amide bonds. The second-order valence-electron chi connectivity index (χ2n) is 6.51. The summed E-state index contributed by atoms with van der Waals surface area (Å²) in [7, 11) is -3.03. The molecule has 1 N–H and O–H groups in total. The smallest absolute Gasteiger partial charge is 0.317 e. The lowest BCUT2D eigenvalue weighted by atomic mass is 10.0. The third kappa shape index (κ3) is 4.22. The fraction of sp³-hybridized carbons (Fsp3) is 0.562. The fourth-order valence-electron chi connectivity index (χ4n) is 3.34. The lowest BCUT2D eigenvalue weighted by Gasteiger charge is -2.28. The second-order valence-corrected chi connectivity index (χ2v) is 9.84. The Morgan fingerprint density at radius 2 is 2.21 bits per heavy atom. The van der Waals surface area contributed by atoms with Gasteiger partial charge in [-0.15, -0.1) is 11.8 Å². The van der Waals surface area contributed by atoms with Crippen LogP contribution in [0.15, 0.2) is 23.1 Å². The van der Waals surface area contributed by atoms with Gasteiger partial charge in [0, 0.05) is 30.0 Å². The molecule has 0 aliphatic carbocycles. The number of thioether (sulfide) groups is 1. The van der Waals surface area contributed by atoms with Crippen molar-refractivity contribution in [1.29, 1.82) is 0 Å². The van der Waals surface area contributed by atoms with E-state index < -0.39 is 9.84 Å². The van der Waals surface area contributed by atoms with Crippen LogP contribution >= 0.6 is 11.8 Å². The molecule has 1 aromatic carbocycles. The van der Waals surface area contributed by atoms with Gasteiger partial charge in [-0.25, -0.2) is 17.6 Å². The normalized spacial score (nSPS) is 23.8. The van der Waals surface area contributed by atoms with Gasteiger partial charge >= 0.3 is 6.03 Å². The topological polar surface area (TPSA) is 66.5 Å². The van der Waals surface area contributed by atoms with E-state index in [9.17, 15) is 17.6 Å². The van der Waals surface area contributed by atoms with Gasteiger partial charge in [-0.3, -0.25) is 0 Å². The number of fused-ring (bicyclic) bond motifs is 1. The van der Waals surface area contributed by atoms with Crippen molar-refractivity contribution in [2.24, 2.45) is 5.92 Å². The van der Waals surface area contributed by atoms with Crippen LogP contribution in [0.4, 0.5) is 9.18 Å². The SMILES string of the molecule is CS(=O)(=O)C[C@@H]1CCN(C(=O)N[C@H]2CCSc3ccc(F)cc32)C1. The first-order valence-corrected chi connectivity index (χ1v) is 11.0. The van der Waals surface area contributed by atoms with Crippen LogP contribution in [-0.2, 0) is 9.84 Å². The molecule has 0 unspecified atom stereocenters. The Kier molecular flexibility index (Phi) is 5.05. The number of hydrogen-bond acceptors (Lipinski definition) is 4. The molecule has 0 aromatic heterocycles. The maximum atomic E-state index is 13.5. The number of benzene rings is 1. The van der Waals surface area contributed by atoms with Gasteiger partial charge in [0.05, 0.1) is 11.8 Å². The molecule has 0 spiro atoms. The molecule has 5 nitrogen and oxygen atoms in total. The molecule has 0 bridgehead atoms. The maximum absolute atomic E-state index is 13.5. The summed E-state index contributed by atoms with van der Waals surface area (Å²) in [5, 5.41) is 2.99. The van der Waals surface area contributed by atoms with Crippen LogP contribution < -0.4 is 5.32 Å². The largest absolute Gasteiger partial charge is 0.331 e. The van der Waals surface area contributed by atoms with Crippen LogP contribution in [-0.4, -0.2) is 50.2 Å². The number of likely N-dealkylation sites (tertiary alicyclic amines) is 1. The Balaban J connectivity index is 1.63. The summed E-state index contributed by atoms with van der Waals surface area (Å²) in [5.41, 5.74) is 0.825. The second kappa shape index (κ2) is 6.92. The summed E-state index contributed by atoms with van der Waals surface area (Å²) in [4.78, 5) is 15.2. The van der Waals surface area contributed by atoms with Gasteiger partial charge in [0.25, 0.3) is 0 Å². The maximum Gasteiger partial charge on any atom is 0.317 e. The summed E-state index contributed by atoms with van der Waals surface area (Å²) < 4.78 is 36.3. The Labute approximate surface area is 145 Å². The van der Waals surface area contributed by atoms with Gasteiger partial charge in [0.15, 0.2) is 0 Å². The first kappa shape index (κ1) is 17.5. The van der Waals surface area contributed by atoms with Crippen LogP contribution in [0, 0.1) is 11.7 Å². The van der Waals surface area contributed by atoms with Crippen LogP contribution in [0.1, 0.15) is 24.4 Å². The predicted molar refractivity (Wildman–Crippen MR) is 92.4 cm³/mol. The zero-order valence-electron chi connectivity index (χ0n) is 13.5. The molecule has 2 aliphatic heterocycles. The summed E-state index contributed by atoms with van der Waals surface area (Å²) in [6.45, 7) is 1.01. The number of urea groups is 1. The first-order chi connectivity index (χ1) is 11.3. The number of nitrogens with one attached hydrogen (secondary N) is 1. The van der Waals surface area contributed by atoms with Crippen molar-refractivity contribution in [3.8, 4) is 0 Å². The van der Waals surface area contributed by atoms with Crippen molar-refractivity contribution < 1.29 is 17.6 Å². The molecule has 0 radical (unpaired) electrons. The van der Waals surface area contributed by atoms with Crippen molar-refractivity contribution in [1.82, 2.24) is 10.2 Å². The third-order valence-corrected chi connectivity index (χ3v) is 6.62. The molecular formula is C16H21FN2O3S2.